The van der Waals surface area contributed by atoms with Gasteiger partial charge in [-0.1, -0.05) is 19.8 Å². The van der Waals surface area contributed by atoms with Gasteiger partial charge in [-0.3, -0.25) is 4.79 Å². The Kier molecular flexibility index (Phi) is 5.27. The fourth-order valence-electron chi connectivity index (χ4n) is 3.27. The van der Waals surface area contributed by atoms with Crippen molar-refractivity contribution in [2.75, 3.05) is 31.9 Å². The van der Waals surface area contributed by atoms with E-state index in [1.54, 1.807) is 4.90 Å². The largest absolute Gasteiger partial charge is 0.340 e. The second-order valence-electron chi connectivity index (χ2n) is 6.34. The van der Waals surface area contributed by atoms with E-state index in [2.05, 4.69) is 0 Å². The number of carbonyl (C=O) groups excluding carboxylic acids is 1. The molecule has 0 aromatic rings. The molecule has 1 heterocycles. The monoisotopic (exact) mass is 317 g/mol. The summed E-state index contributed by atoms with van der Waals surface area (Å²) in [6.45, 7) is 3.65. The van der Waals surface area contributed by atoms with Crippen molar-refractivity contribution in [3.8, 4) is 0 Å². The average Bonchev–Trinajstić information content (AvgIpc) is 2.85. The Morgan fingerprint density at radius 2 is 1.71 bits per heavy atom. The van der Waals surface area contributed by atoms with Gasteiger partial charge in [-0.15, -0.1) is 0 Å². The second-order valence-corrected chi connectivity index (χ2v) is 8.43. The molecule has 0 radical (unpaired) electrons. The van der Waals surface area contributed by atoms with E-state index in [0.717, 1.165) is 25.7 Å². The molecule has 1 aliphatic carbocycles. The molecule has 2 rings (SSSR count). The topological polar surface area (TPSA) is 83.7 Å². The maximum absolute atomic E-state index is 12.3. The van der Waals surface area contributed by atoms with E-state index in [-0.39, 0.29) is 17.2 Å². The van der Waals surface area contributed by atoms with Crippen LogP contribution in [0.5, 0.6) is 0 Å². The minimum atomic E-state index is -3.15. The van der Waals surface area contributed by atoms with Crippen LogP contribution in [0.3, 0.4) is 0 Å². The molecule has 0 aromatic heterocycles. The van der Waals surface area contributed by atoms with Gasteiger partial charge >= 0.3 is 0 Å². The SMILES string of the molecule is CCCS(=O)(=O)N1CCN(C(=O)CC2(N)CCCC2)CC1. The molecule has 2 fully saturated rings. The zero-order valence-corrected chi connectivity index (χ0v) is 13.7. The van der Waals surface area contributed by atoms with Crippen molar-refractivity contribution < 1.29 is 13.2 Å². The van der Waals surface area contributed by atoms with Gasteiger partial charge < -0.3 is 10.6 Å². The molecule has 0 spiro atoms. The molecule has 7 heteroatoms. The molecule has 1 amide bonds. The zero-order chi connectivity index (χ0) is 15.5. The maximum Gasteiger partial charge on any atom is 0.224 e. The fraction of sp³-hybridized carbons (Fsp3) is 0.929. The number of hydrogen-bond acceptors (Lipinski definition) is 4. The Labute approximate surface area is 127 Å². The number of rotatable bonds is 5. The van der Waals surface area contributed by atoms with Crippen molar-refractivity contribution >= 4 is 15.9 Å². The summed E-state index contributed by atoms with van der Waals surface area (Å²) in [5.41, 5.74) is 5.92. The lowest BCUT2D eigenvalue weighted by atomic mass is 9.94. The summed E-state index contributed by atoms with van der Waals surface area (Å²) in [5.74, 6) is 0.263. The molecule has 2 N–H and O–H groups in total. The van der Waals surface area contributed by atoms with Gasteiger partial charge in [0.05, 0.1) is 5.75 Å². The van der Waals surface area contributed by atoms with Crippen LogP contribution in [0.25, 0.3) is 0 Å². The fourth-order valence-corrected chi connectivity index (χ4v) is 4.77. The van der Waals surface area contributed by atoms with Gasteiger partial charge in [-0.25, -0.2) is 8.42 Å². The molecule has 1 saturated carbocycles. The van der Waals surface area contributed by atoms with Crippen LogP contribution in [-0.2, 0) is 14.8 Å². The Morgan fingerprint density at radius 1 is 1.14 bits per heavy atom. The summed E-state index contributed by atoms with van der Waals surface area (Å²) in [7, 11) is -3.15. The van der Waals surface area contributed by atoms with Gasteiger partial charge in [0.15, 0.2) is 0 Å². The average molecular weight is 317 g/mol. The summed E-state index contributed by atoms with van der Waals surface area (Å²) in [6.07, 6.45) is 5.07. The Hall–Kier alpha value is -0.660. The first-order chi connectivity index (χ1) is 9.86. The van der Waals surface area contributed by atoms with Gasteiger partial charge in [0, 0.05) is 38.1 Å². The van der Waals surface area contributed by atoms with E-state index in [1.807, 2.05) is 6.92 Å². The summed E-state index contributed by atoms with van der Waals surface area (Å²) < 4.78 is 25.5. The smallest absolute Gasteiger partial charge is 0.224 e. The van der Waals surface area contributed by atoms with Gasteiger partial charge in [-0.2, -0.15) is 4.31 Å². The van der Waals surface area contributed by atoms with Crippen molar-refractivity contribution in [3.05, 3.63) is 0 Å². The Balaban J connectivity index is 1.85. The molecule has 21 heavy (non-hydrogen) atoms. The van der Waals surface area contributed by atoms with Gasteiger partial charge in [0.1, 0.15) is 0 Å². The van der Waals surface area contributed by atoms with Crippen LogP contribution in [0.2, 0.25) is 0 Å². The molecule has 1 aliphatic heterocycles. The molecule has 0 bridgehead atoms. The normalized spacial score (nSPS) is 23.4. The van der Waals surface area contributed by atoms with E-state index < -0.39 is 10.0 Å². The van der Waals surface area contributed by atoms with Crippen molar-refractivity contribution in [2.24, 2.45) is 5.73 Å². The lowest BCUT2D eigenvalue weighted by molar-refractivity contribution is -0.133. The number of piperazine rings is 1. The number of nitrogens with two attached hydrogens (primary N) is 1. The van der Waals surface area contributed by atoms with Crippen molar-refractivity contribution in [1.82, 2.24) is 9.21 Å². The quantitative estimate of drug-likeness (QED) is 0.802. The first-order valence-corrected chi connectivity index (χ1v) is 9.52. The maximum atomic E-state index is 12.3. The van der Waals surface area contributed by atoms with Crippen LogP contribution in [-0.4, -0.2) is 61.0 Å². The van der Waals surface area contributed by atoms with Crippen LogP contribution in [0, 0.1) is 0 Å². The lowest BCUT2D eigenvalue weighted by Gasteiger charge is -2.35. The van der Waals surface area contributed by atoms with Crippen LogP contribution in [0.15, 0.2) is 0 Å². The third-order valence-corrected chi connectivity index (χ3v) is 6.63. The molecule has 122 valence electrons. The highest BCUT2D eigenvalue weighted by Gasteiger charge is 2.35. The van der Waals surface area contributed by atoms with E-state index in [4.69, 9.17) is 5.73 Å². The van der Waals surface area contributed by atoms with Crippen molar-refractivity contribution in [2.45, 2.75) is 51.0 Å². The first-order valence-electron chi connectivity index (χ1n) is 7.91. The van der Waals surface area contributed by atoms with E-state index >= 15 is 0 Å². The predicted molar refractivity (Wildman–Crippen MR) is 82.2 cm³/mol. The molecule has 0 aromatic carbocycles. The van der Waals surface area contributed by atoms with E-state index in [0.29, 0.717) is 39.0 Å². The third-order valence-electron chi connectivity index (χ3n) is 4.55. The molecular weight excluding hydrogens is 290 g/mol. The number of hydrogen-bond donors (Lipinski definition) is 1. The molecule has 1 saturated heterocycles. The molecule has 0 atom stereocenters. The summed E-state index contributed by atoms with van der Waals surface area (Å²) in [4.78, 5) is 14.1. The second kappa shape index (κ2) is 6.62. The van der Waals surface area contributed by atoms with Gasteiger partial charge in [0.2, 0.25) is 15.9 Å². The van der Waals surface area contributed by atoms with E-state index in [1.165, 1.54) is 4.31 Å². The molecular formula is C14H27N3O3S. The van der Waals surface area contributed by atoms with Crippen LogP contribution in [0.4, 0.5) is 0 Å². The molecule has 2 aliphatic rings. The van der Waals surface area contributed by atoms with Gasteiger partial charge in [0.25, 0.3) is 0 Å². The highest BCUT2D eigenvalue weighted by Crippen LogP contribution is 2.30. The standard InChI is InChI=1S/C14H27N3O3S/c1-2-11-21(19,20)17-9-7-16(8-10-17)13(18)12-14(15)5-3-4-6-14/h2-12,15H2,1H3. The first kappa shape index (κ1) is 16.7. The van der Waals surface area contributed by atoms with E-state index in [9.17, 15) is 13.2 Å². The predicted octanol–water partition coefficient (Wildman–Crippen LogP) is 0.532. The highest BCUT2D eigenvalue weighted by molar-refractivity contribution is 7.89. The zero-order valence-electron chi connectivity index (χ0n) is 12.9. The van der Waals surface area contributed by atoms with Crippen LogP contribution >= 0.6 is 0 Å². The summed E-state index contributed by atoms with van der Waals surface area (Å²) in [6, 6.07) is 0. The summed E-state index contributed by atoms with van der Waals surface area (Å²) >= 11 is 0. The highest BCUT2D eigenvalue weighted by atomic mass is 32.2. The molecule has 6 nitrogen and oxygen atoms in total. The Morgan fingerprint density at radius 3 is 2.24 bits per heavy atom. The Bertz CT molecular complexity index is 464. The van der Waals surface area contributed by atoms with Crippen LogP contribution < -0.4 is 5.73 Å². The lowest BCUT2D eigenvalue weighted by Crippen LogP contribution is -2.53. The van der Waals surface area contributed by atoms with Crippen molar-refractivity contribution in [3.63, 3.8) is 0 Å². The minimum absolute atomic E-state index is 0.0759. The van der Waals surface area contributed by atoms with Gasteiger partial charge in [-0.05, 0) is 19.3 Å². The third kappa shape index (κ3) is 4.17. The number of nitrogens with zero attached hydrogens (tertiary/aromatic N) is 2. The van der Waals surface area contributed by atoms with Crippen molar-refractivity contribution in [1.29, 1.82) is 0 Å². The van der Waals surface area contributed by atoms with Crippen LogP contribution in [0.1, 0.15) is 45.4 Å². The number of amides is 1. The molecule has 0 unspecified atom stereocenters. The minimum Gasteiger partial charge on any atom is -0.340 e. The number of sulfonamides is 1. The summed E-state index contributed by atoms with van der Waals surface area (Å²) in [5, 5.41) is 0. The number of carbonyl (C=O) groups is 1.